The molecule has 1 aliphatic rings. The van der Waals surface area contributed by atoms with Gasteiger partial charge in [-0.3, -0.25) is 0 Å². The van der Waals surface area contributed by atoms with Gasteiger partial charge in [0.05, 0.1) is 0 Å². The lowest BCUT2D eigenvalue weighted by molar-refractivity contribution is -0.139. The Hall–Kier alpha value is -3.41. The highest BCUT2D eigenvalue weighted by atomic mass is 16.6. The van der Waals surface area contributed by atoms with Crippen molar-refractivity contribution in [2.75, 3.05) is 6.61 Å². The second-order valence-corrected chi connectivity index (χ2v) is 5.42. The third kappa shape index (κ3) is 3.92. The van der Waals surface area contributed by atoms with E-state index >= 15 is 0 Å². The van der Waals surface area contributed by atoms with Gasteiger partial charge in [-0.05, 0) is 31.2 Å². The minimum atomic E-state index is -1.08. The van der Waals surface area contributed by atoms with Crippen LogP contribution in [0.4, 0.5) is 0 Å². The summed E-state index contributed by atoms with van der Waals surface area (Å²) in [6.45, 7) is 1.49. The molecule has 126 valence electrons. The molecule has 3 rings (SSSR count). The van der Waals surface area contributed by atoms with Crippen molar-refractivity contribution in [1.82, 2.24) is 0 Å². The molecule has 0 saturated carbocycles. The van der Waals surface area contributed by atoms with Gasteiger partial charge in [0.2, 0.25) is 5.90 Å². The van der Waals surface area contributed by atoms with Crippen LogP contribution in [0, 0.1) is 6.92 Å². The number of benzene rings is 2. The van der Waals surface area contributed by atoms with Crippen LogP contribution in [0.2, 0.25) is 0 Å². The number of ether oxygens (including phenoxy) is 2. The Kier molecular flexibility index (Phi) is 4.61. The molecule has 0 aliphatic carbocycles. The Labute approximate surface area is 144 Å². The summed E-state index contributed by atoms with van der Waals surface area (Å²) in [4.78, 5) is 27.0. The Bertz CT molecular complexity index is 881. The smallest absolute Gasteiger partial charge is 0.363 e. The fraction of sp³-hybridized carbons (Fsp3) is 0.105. The van der Waals surface area contributed by atoms with Gasteiger partial charge in [-0.2, -0.15) is 0 Å². The highest BCUT2D eigenvalue weighted by molar-refractivity contribution is 6.12. The number of hydrogen-bond donors (Lipinski definition) is 1. The number of aliphatic carboxylic acids is 1. The van der Waals surface area contributed by atoms with Gasteiger partial charge in [0.25, 0.3) is 0 Å². The van der Waals surface area contributed by atoms with E-state index in [1.165, 1.54) is 6.08 Å². The van der Waals surface area contributed by atoms with Crippen LogP contribution in [-0.4, -0.2) is 29.5 Å². The van der Waals surface area contributed by atoms with E-state index < -0.39 is 18.5 Å². The molecular weight excluding hydrogens is 322 g/mol. The summed E-state index contributed by atoms with van der Waals surface area (Å²) in [5.41, 5.74) is 2.47. The number of aliphatic imine (C=N–C) groups is 1. The maximum absolute atomic E-state index is 12.1. The average molecular weight is 337 g/mol. The first-order valence-electron chi connectivity index (χ1n) is 7.56. The molecule has 6 nitrogen and oxygen atoms in total. The van der Waals surface area contributed by atoms with Gasteiger partial charge in [-0.1, -0.05) is 35.9 Å². The van der Waals surface area contributed by atoms with E-state index in [1.807, 2.05) is 31.2 Å². The predicted octanol–water partition coefficient (Wildman–Crippen LogP) is 2.80. The summed E-state index contributed by atoms with van der Waals surface area (Å²) in [7, 11) is 0. The van der Waals surface area contributed by atoms with Crippen LogP contribution in [0.5, 0.6) is 5.75 Å². The van der Waals surface area contributed by atoms with Crippen molar-refractivity contribution in [3.63, 3.8) is 0 Å². The fourth-order valence-corrected chi connectivity index (χ4v) is 2.25. The second-order valence-electron chi connectivity index (χ2n) is 5.42. The Balaban J connectivity index is 1.89. The van der Waals surface area contributed by atoms with E-state index in [0.29, 0.717) is 16.9 Å². The van der Waals surface area contributed by atoms with Gasteiger partial charge in [0, 0.05) is 11.1 Å². The summed E-state index contributed by atoms with van der Waals surface area (Å²) in [5, 5.41) is 8.74. The molecule has 0 radical (unpaired) electrons. The maximum atomic E-state index is 12.1. The summed E-state index contributed by atoms with van der Waals surface area (Å²) >= 11 is 0. The van der Waals surface area contributed by atoms with Crippen molar-refractivity contribution >= 4 is 23.9 Å². The highest BCUT2D eigenvalue weighted by Gasteiger charge is 2.24. The monoisotopic (exact) mass is 337 g/mol. The molecular formula is C19H15NO5. The van der Waals surface area contributed by atoms with E-state index in [2.05, 4.69) is 4.99 Å². The van der Waals surface area contributed by atoms with Crippen LogP contribution in [0.1, 0.15) is 16.7 Å². The zero-order chi connectivity index (χ0) is 17.8. The minimum absolute atomic E-state index is 0.127. The second kappa shape index (κ2) is 7.00. The van der Waals surface area contributed by atoms with Gasteiger partial charge in [0.15, 0.2) is 12.3 Å². The molecule has 0 fully saturated rings. The van der Waals surface area contributed by atoms with Crippen LogP contribution in [0.25, 0.3) is 6.08 Å². The first kappa shape index (κ1) is 16.4. The molecule has 0 amide bonds. The number of carboxylic acids is 1. The van der Waals surface area contributed by atoms with Gasteiger partial charge < -0.3 is 14.6 Å². The van der Waals surface area contributed by atoms with E-state index in [-0.39, 0.29) is 11.6 Å². The van der Waals surface area contributed by atoms with Crippen molar-refractivity contribution in [3.05, 3.63) is 70.9 Å². The molecule has 6 heteroatoms. The lowest BCUT2D eigenvalue weighted by Gasteiger charge is -2.06. The minimum Gasteiger partial charge on any atom is -0.481 e. The Morgan fingerprint density at radius 3 is 2.64 bits per heavy atom. The normalized spacial score (nSPS) is 15.0. The van der Waals surface area contributed by atoms with Crippen LogP contribution in [-0.2, 0) is 14.3 Å². The summed E-state index contributed by atoms with van der Waals surface area (Å²) < 4.78 is 10.4. The zero-order valence-electron chi connectivity index (χ0n) is 13.4. The number of hydrogen-bond acceptors (Lipinski definition) is 5. The molecule has 2 aromatic carbocycles. The number of esters is 1. The average Bonchev–Trinajstić information content (AvgIpc) is 2.95. The van der Waals surface area contributed by atoms with Crippen molar-refractivity contribution < 1.29 is 24.2 Å². The number of aryl methyl sites for hydroxylation is 1. The number of carbonyl (C=O) groups excluding carboxylic acids is 1. The largest absolute Gasteiger partial charge is 0.481 e. The van der Waals surface area contributed by atoms with Crippen LogP contribution in [0.3, 0.4) is 0 Å². The van der Waals surface area contributed by atoms with Crippen LogP contribution < -0.4 is 4.74 Å². The summed E-state index contributed by atoms with van der Waals surface area (Å²) in [6.07, 6.45) is 1.51. The Morgan fingerprint density at radius 2 is 1.92 bits per heavy atom. The van der Waals surface area contributed by atoms with Gasteiger partial charge in [-0.15, -0.1) is 0 Å². The van der Waals surface area contributed by atoms with Crippen molar-refractivity contribution in [2.24, 2.45) is 4.99 Å². The SMILES string of the molecule is Cc1ccc(C2=N/C(=C/c3ccccc3OCC(=O)O)C(=O)O2)cc1. The van der Waals surface area contributed by atoms with Gasteiger partial charge in [0.1, 0.15) is 5.75 Å². The third-order valence-electron chi connectivity index (χ3n) is 3.48. The lowest BCUT2D eigenvalue weighted by Crippen LogP contribution is -2.10. The molecule has 1 N–H and O–H groups in total. The number of para-hydroxylation sites is 1. The first-order valence-corrected chi connectivity index (χ1v) is 7.56. The highest BCUT2D eigenvalue weighted by Crippen LogP contribution is 2.24. The number of rotatable bonds is 5. The van der Waals surface area contributed by atoms with Crippen molar-refractivity contribution in [2.45, 2.75) is 6.92 Å². The number of carbonyl (C=O) groups is 2. The lowest BCUT2D eigenvalue weighted by atomic mass is 10.1. The van der Waals surface area contributed by atoms with Crippen molar-refractivity contribution in [3.8, 4) is 5.75 Å². The van der Waals surface area contributed by atoms with Gasteiger partial charge in [-0.25, -0.2) is 14.6 Å². The van der Waals surface area contributed by atoms with Crippen LogP contribution in [0.15, 0.2) is 59.2 Å². The van der Waals surface area contributed by atoms with E-state index in [9.17, 15) is 9.59 Å². The number of cyclic esters (lactones) is 1. The third-order valence-corrected chi connectivity index (χ3v) is 3.48. The molecule has 0 unspecified atom stereocenters. The molecule has 2 aromatic rings. The predicted molar refractivity (Wildman–Crippen MR) is 91.4 cm³/mol. The molecule has 25 heavy (non-hydrogen) atoms. The molecule has 0 atom stereocenters. The topological polar surface area (TPSA) is 85.2 Å². The van der Waals surface area contributed by atoms with E-state index in [1.54, 1.807) is 24.3 Å². The fourth-order valence-electron chi connectivity index (χ4n) is 2.25. The molecule has 0 spiro atoms. The number of carboxylic acid groups (broad SMARTS) is 1. The van der Waals surface area contributed by atoms with E-state index in [4.69, 9.17) is 14.6 Å². The Morgan fingerprint density at radius 1 is 1.20 bits per heavy atom. The summed E-state index contributed by atoms with van der Waals surface area (Å²) in [6, 6.07) is 14.3. The summed E-state index contributed by atoms with van der Waals surface area (Å²) in [5.74, 6) is -1.06. The molecule has 1 heterocycles. The van der Waals surface area contributed by atoms with Crippen molar-refractivity contribution in [1.29, 1.82) is 0 Å². The molecule has 0 aromatic heterocycles. The first-order chi connectivity index (χ1) is 12.0. The van der Waals surface area contributed by atoms with Crippen LogP contribution >= 0.6 is 0 Å². The standard InChI is InChI=1S/C19H15NO5/c1-12-6-8-13(9-7-12)18-20-15(19(23)25-18)10-14-4-2-3-5-16(14)24-11-17(21)22/h2-10H,11H2,1H3,(H,21,22)/b15-10+. The molecule has 1 aliphatic heterocycles. The quantitative estimate of drug-likeness (QED) is 0.670. The zero-order valence-corrected chi connectivity index (χ0v) is 13.4. The van der Waals surface area contributed by atoms with Gasteiger partial charge >= 0.3 is 11.9 Å². The maximum Gasteiger partial charge on any atom is 0.363 e. The molecule has 0 saturated heterocycles. The molecule has 0 bridgehead atoms. The van der Waals surface area contributed by atoms with E-state index in [0.717, 1.165) is 5.56 Å². The number of nitrogens with zero attached hydrogens (tertiary/aromatic N) is 1.